The summed E-state index contributed by atoms with van der Waals surface area (Å²) in [5, 5.41) is 2.79. The molecule has 6 nitrogen and oxygen atoms in total. The van der Waals surface area contributed by atoms with Gasteiger partial charge in [0, 0.05) is 23.5 Å². The molecule has 2 aromatic carbocycles. The Hall–Kier alpha value is -2.32. The first kappa shape index (κ1) is 22.4. The lowest BCUT2D eigenvalue weighted by Gasteiger charge is -2.11. The first-order valence-electron chi connectivity index (χ1n) is 9.99. The highest BCUT2D eigenvalue weighted by molar-refractivity contribution is 8.00. The van der Waals surface area contributed by atoms with Crippen molar-refractivity contribution in [1.29, 1.82) is 0 Å². The molecule has 0 fully saturated rings. The fourth-order valence-corrected chi connectivity index (χ4v) is 5.16. The van der Waals surface area contributed by atoms with Gasteiger partial charge in [-0.25, -0.2) is 8.42 Å². The third-order valence-electron chi connectivity index (χ3n) is 4.74. The molecule has 0 spiro atoms. The van der Waals surface area contributed by atoms with Crippen LogP contribution in [0.25, 0.3) is 0 Å². The van der Waals surface area contributed by atoms with Gasteiger partial charge in [-0.1, -0.05) is 30.2 Å². The summed E-state index contributed by atoms with van der Waals surface area (Å²) in [5.41, 5.74) is 2.77. The molecule has 2 aromatic rings. The average molecular weight is 446 g/mol. The average Bonchev–Trinajstić information content (AvgIpc) is 2.96. The highest BCUT2D eigenvalue weighted by Gasteiger charge is 2.18. The fourth-order valence-electron chi connectivity index (χ4n) is 3.21. The van der Waals surface area contributed by atoms with E-state index in [2.05, 4.69) is 21.1 Å². The molecule has 1 amide bonds. The van der Waals surface area contributed by atoms with Crippen LogP contribution in [-0.2, 0) is 14.8 Å². The van der Waals surface area contributed by atoms with Crippen molar-refractivity contribution >= 4 is 39.2 Å². The van der Waals surface area contributed by atoms with Gasteiger partial charge in [-0.2, -0.15) is 0 Å². The second-order valence-electron chi connectivity index (χ2n) is 7.38. The summed E-state index contributed by atoms with van der Waals surface area (Å²) in [6.07, 6.45) is 3.59. The van der Waals surface area contributed by atoms with Gasteiger partial charge in [0.25, 0.3) is 10.0 Å². The van der Waals surface area contributed by atoms with Gasteiger partial charge < -0.3 is 5.32 Å². The summed E-state index contributed by atoms with van der Waals surface area (Å²) in [7, 11) is -3.74. The van der Waals surface area contributed by atoms with Crippen molar-refractivity contribution in [2.24, 2.45) is 4.99 Å². The number of carbonyl (C=O) groups is 1. The van der Waals surface area contributed by atoms with Crippen molar-refractivity contribution in [2.75, 3.05) is 17.6 Å². The molecular weight excluding hydrogens is 418 g/mol. The van der Waals surface area contributed by atoms with Crippen molar-refractivity contribution in [3.8, 4) is 0 Å². The van der Waals surface area contributed by atoms with Crippen LogP contribution in [0.3, 0.4) is 0 Å². The van der Waals surface area contributed by atoms with Crippen LogP contribution in [0.4, 0.5) is 5.69 Å². The summed E-state index contributed by atoms with van der Waals surface area (Å²) < 4.78 is 28.0. The molecule has 160 valence electrons. The zero-order valence-electron chi connectivity index (χ0n) is 17.3. The maximum absolute atomic E-state index is 12.7. The molecule has 0 atom stereocenters. The van der Waals surface area contributed by atoms with E-state index in [1.807, 2.05) is 26.0 Å². The Labute approximate surface area is 182 Å². The molecule has 0 aromatic heterocycles. The summed E-state index contributed by atoms with van der Waals surface area (Å²) in [5.74, 6) is 0.568. The van der Waals surface area contributed by atoms with Gasteiger partial charge in [0.15, 0.2) is 0 Å². The molecular formula is C22H27N3O3S2. The number of thioether (sulfide) groups is 1. The topological polar surface area (TPSA) is 87.6 Å². The molecule has 0 unspecified atom stereocenters. The number of amidine groups is 1. The Morgan fingerprint density at radius 3 is 2.73 bits per heavy atom. The van der Waals surface area contributed by atoms with E-state index in [9.17, 15) is 13.2 Å². The largest absolute Gasteiger partial charge is 0.325 e. The lowest BCUT2D eigenvalue weighted by molar-refractivity contribution is -0.113. The molecule has 2 N–H and O–H groups in total. The third kappa shape index (κ3) is 6.34. The molecule has 1 heterocycles. The summed E-state index contributed by atoms with van der Waals surface area (Å²) >= 11 is 1.46. The van der Waals surface area contributed by atoms with Gasteiger partial charge in [-0.3, -0.25) is 14.5 Å². The second-order valence-corrected chi connectivity index (χ2v) is 10.1. The van der Waals surface area contributed by atoms with Crippen LogP contribution in [0, 0.1) is 13.8 Å². The minimum atomic E-state index is -3.74. The quantitative estimate of drug-likeness (QED) is 0.650. The van der Waals surface area contributed by atoms with Gasteiger partial charge in [-0.15, -0.1) is 11.8 Å². The number of nitrogens with zero attached hydrogens (tertiary/aromatic N) is 1. The predicted molar refractivity (Wildman–Crippen MR) is 123 cm³/mol. The van der Waals surface area contributed by atoms with Crippen LogP contribution in [0.1, 0.15) is 36.8 Å². The molecule has 0 aliphatic carbocycles. The van der Waals surface area contributed by atoms with E-state index in [0.29, 0.717) is 24.5 Å². The molecule has 0 radical (unpaired) electrons. The van der Waals surface area contributed by atoms with E-state index < -0.39 is 10.0 Å². The lowest BCUT2D eigenvalue weighted by Crippen LogP contribution is -2.30. The number of hydrogen-bond acceptors (Lipinski definition) is 5. The Kier molecular flexibility index (Phi) is 7.55. The van der Waals surface area contributed by atoms with E-state index in [1.165, 1.54) is 29.5 Å². The maximum atomic E-state index is 12.7. The highest BCUT2D eigenvalue weighted by Crippen LogP contribution is 2.24. The zero-order chi connectivity index (χ0) is 21.6. The molecule has 30 heavy (non-hydrogen) atoms. The standard InChI is InChI=1S/C22H27N3O3S2/c1-16-10-11-20(17(2)13-16)29-15-22(26)24-18-7-6-8-19(14-18)30(27,28)25-21-9-4-3-5-12-23-21/h6-8,10-11,13-14H,3-5,9,12,15H2,1-2H3,(H,23,25)(H,24,26). The number of sulfonamides is 1. The number of amides is 1. The molecule has 0 saturated heterocycles. The van der Waals surface area contributed by atoms with Crippen LogP contribution in [-0.4, -0.2) is 32.5 Å². The predicted octanol–water partition coefficient (Wildman–Crippen LogP) is 4.29. The number of hydrogen-bond donors (Lipinski definition) is 2. The number of aryl methyl sites for hydroxylation is 2. The smallest absolute Gasteiger partial charge is 0.262 e. The molecule has 1 aliphatic rings. The minimum Gasteiger partial charge on any atom is -0.325 e. The number of anilines is 1. The first-order valence-corrected chi connectivity index (χ1v) is 12.5. The molecule has 3 rings (SSSR count). The summed E-state index contributed by atoms with van der Waals surface area (Å²) in [4.78, 5) is 17.8. The monoisotopic (exact) mass is 445 g/mol. The van der Waals surface area contributed by atoms with Crippen molar-refractivity contribution < 1.29 is 13.2 Å². The van der Waals surface area contributed by atoms with Gasteiger partial charge in [0.2, 0.25) is 5.91 Å². The van der Waals surface area contributed by atoms with E-state index in [-0.39, 0.29) is 16.6 Å². The SMILES string of the molecule is Cc1ccc(SCC(=O)Nc2cccc(S(=O)(=O)NC3=NCCCCC3)c2)c(C)c1. The van der Waals surface area contributed by atoms with Crippen molar-refractivity contribution in [3.63, 3.8) is 0 Å². The molecule has 0 bridgehead atoms. The highest BCUT2D eigenvalue weighted by atomic mass is 32.2. The number of benzene rings is 2. The van der Waals surface area contributed by atoms with E-state index in [1.54, 1.807) is 12.1 Å². The van der Waals surface area contributed by atoms with E-state index >= 15 is 0 Å². The van der Waals surface area contributed by atoms with Gasteiger partial charge in [0.1, 0.15) is 5.84 Å². The maximum Gasteiger partial charge on any atom is 0.262 e. The molecule has 0 saturated carbocycles. The van der Waals surface area contributed by atoms with E-state index in [0.717, 1.165) is 29.7 Å². The number of rotatable bonds is 6. The fraction of sp³-hybridized carbons (Fsp3) is 0.364. The Morgan fingerprint density at radius 2 is 1.93 bits per heavy atom. The van der Waals surface area contributed by atoms with E-state index in [4.69, 9.17) is 0 Å². The lowest BCUT2D eigenvalue weighted by atomic mass is 10.2. The Bertz CT molecular complexity index is 1050. The van der Waals surface area contributed by atoms with Crippen LogP contribution < -0.4 is 10.0 Å². The van der Waals surface area contributed by atoms with Crippen molar-refractivity contribution in [1.82, 2.24) is 4.72 Å². The van der Waals surface area contributed by atoms with Crippen LogP contribution in [0.5, 0.6) is 0 Å². The summed E-state index contributed by atoms with van der Waals surface area (Å²) in [6.45, 7) is 4.70. The zero-order valence-corrected chi connectivity index (χ0v) is 18.9. The van der Waals surface area contributed by atoms with Gasteiger partial charge in [-0.05, 0) is 56.5 Å². The van der Waals surface area contributed by atoms with Gasteiger partial charge in [0.05, 0.1) is 10.6 Å². The first-order chi connectivity index (χ1) is 14.3. The second kappa shape index (κ2) is 10.1. The van der Waals surface area contributed by atoms with Crippen LogP contribution in [0.15, 0.2) is 57.2 Å². The normalized spacial score (nSPS) is 14.5. The number of nitrogens with one attached hydrogen (secondary N) is 2. The van der Waals surface area contributed by atoms with Crippen molar-refractivity contribution in [2.45, 2.75) is 49.3 Å². The molecule has 8 heteroatoms. The number of carbonyl (C=O) groups excluding carboxylic acids is 1. The van der Waals surface area contributed by atoms with Crippen LogP contribution >= 0.6 is 11.8 Å². The Balaban J connectivity index is 1.62. The van der Waals surface area contributed by atoms with Crippen molar-refractivity contribution in [3.05, 3.63) is 53.6 Å². The van der Waals surface area contributed by atoms with Gasteiger partial charge >= 0.3 is 0 Å². The minimum absolute atomic E-state index is 0.106. The molecule has 1 aliphatic heterocycles. The Morgan fingerprint density at radius 1 is 1.10 bits per heavy atom. The summed E-state index contributed by atoms with van der Waals surface area (Å²) in [6, 6.07) is 12.4. The number of aliphatic imine (C=N–C) groups is 1. The third-order valence-corrected chi connectivity index (χ3v) is 7.30. The van der Waals surface area contributed by atoms with Crippen LogP contribution in [0.2, 0.25) is 0 Å².